The molecule has 2 aromatic heterocycles. The van der Waals surface area contributed by atoms with E-state index in [-0.39, 0.29) is 11.8 Å². The fraction of sp³-hybridized carbons (Fsp3) is 0.429. The Balaban J connectivity index is 1.76. The van der Waals surface area contributed by atoms with Gasteiger partial charge in [-0.15, -0.1) is 11.3 Å². The molecule has 1 aliphatic rings. The van der Waals surface area contributed by atoms with Crippen LogP contribution in [0.2, 0.25) is 0 Å². The predicted octanol–water partition coefficient (Wildman–Crippen LogP) is 1.44. The van der Waals surface area contributed by atoms with Crippen LogP contribution < -0.4 is 0 Å². The van der Waals surface area contributed by atoms with Crippen molar-refractivity contribution in [3.63, 3.8) is 0 Å². The number of amides is 1. The summed E-state index contributed by atoms with van der Waals surface area (Å²) in [6.07, 6.45) is 5.17. The average molecular weight is 304 g/mol. The highest BCUT2D eigenvalue weighted by Crippen LogP contribution is 2.23. The van der Waals surface area contributed by atoms with Gasteiger partial charge in [-0.25, -0.2) is 4.98 Å². The van der Waals surface area contributed by atoms with Crippen molar-refractivity contribution in [3.8, 4) is 10.7 Å². The van der Waals surface area contributed by atoms with E-state index in [0.29, 0.717) is 29.5 Å². The van der Waals surface area contributed by atoms with Crippen LogP contribution in [0.5, 0.6) is 0 Å². The molecule has 21 heavy (non-hydrogen) atoms. The van der Waals surface area contributed by atoms with Crippen LogP contribution in [0.3, 0.4) is 0 Å². The van der Waals surface area contributed by atoms with Gasteiger partial charge in [0.25, 0.3) is 5.91 Å². The highest BCUT2D eigenvalue weighted by atomic mass is 32.1. The smallest absolute Gasteiger partial charge is 0.273 e. The van der Waals surface area contributed by atoms with Gasteiger partial charge >= 0.3 is 0 Å². The van der Waals surface area contributed by atoms with Crippen LogP contribution >= 0.6 is 11.3 Å². The van der Waals surface area contributed by atoms with E-state index in [2.05, 4.69) is 15.0 Å². The summed E-state index contributed by atoms with van der Waals surface area (Å²) in [4.78, 5) is 26.6. The van der Waals surface area contributed by atoms with Gasteiger partial charge in [0, 0.05) is 30.9 Å². The Morgan fingerprint density at radius 3 is 3.05 bits per heavy atom. The number of thiazole rings is 1. The highest BCUT2D eigenvalue weighted by Gasteiger charge is 2.29. The lowest BCUT2D eigenvalue weighted by Crippen LogP contribution is -2.45. The first kappa shape index (κ1) is 14.1. The molecule has 3 rings (SSSR count). The number of β-amino-alcohol motifs (C(OH)–C–C–N with tert-alkyl or cyclic N) is 1. The lowest BCUT2D eigenvalue weighted by atomic mass is 9.96. The van der Waals surface area contributed by atoms with Gasteiger partial charge < -0.3 is 10.0 Å². The van der Waals surface area contributed by atoms with E-state index in [4.69, 9.17) is 0 Å². The molecule has 1 aliphatic heterocycles. The number of carbonyl (C=O) groups is 1. The largest absolute Gasteiger partial charge is 0.391 e. The molecule has 1 N–H and O–H groups in total. The van der Waals surface area contributed by atoms with Gasteiger partial charge in [0.2, 0.25) is 0 Å². The lowest BCUT2D eigenvalue weighted by molar-refractivity contribution is 0.0246. The second-order valence-corrected chi connectivity index (χ2v) is 6.07. The van der Waals surface area contributed by atoms with E-state index in [1.54, 1.807) is 28.9 Å². The molecule has 1 fully saturated rings. The molecule has 2 aromatic rings. The summed E-state index contributed by atoms with van der Waals surface area (Å²) in [7, 11) is 0. The van der Waals surface area contributed by atoms with Crippen molar-refractivity contribution in [2.75, 3.05) is 13.1 Å². The number of carbonyl (C=O) groups excluding carboxylic acids is 1. The third kappa shape index (κ3) is 2.93. The number of piperidine rings is 1. The molecule has 2 unspecified atom stereocenters. The Morgan fingerprint density at radius 2 is 2.33 bits per heavy atom. The molecule has 3 heterocycles. The number of hydrogen-bond donors (Lipinski definition) is 1. The summed E-state index contributed by atoms with van der Waals surface area (Å²) in [5, 5.41) is 12.3. The molecular weight excluding hydrogens is 288 g/mol. The fourth-order valence-electron chi connectivity index (χ4n) is 2.29. The van der Waals surface area contributed by atoms with Crippen molar-refractivity contribution in [2.45, 2.75) is 19.4 Å². The van der Waals surface area contributed by atoms with Crippen molar-refractivity contribution < 1.29 is 9.90 Å². The quantitative estimate of drug-likeness (QED) is 0.908. The number of aromatic nitrogens is 3. The zero-order valence-corrected chi connectivity index (χ0v) is 12.5. The molecule has 0 aromatic carbocycles. The summed E-state index contributed by atoms with van der Waals surface area (Å²) in [5.74, 6) is 0.104. The molecule has 0 aliphatic carbocycles. The second-order valence-electron chi connectivity index (χ2n) is 5.21. The fourth-order valence-corrected chi connectivity index (χ4v) is 3.05. The maximum absolute atomic E-state index is 12.4. The topological polar surface area (TPSA) is 79.2 Å². The molecule has 1 saturated heterocycles. The summed E-state index contributed by atoms with van der Waals surface area (Å²) in [6.45, 7) is 3.04. The average Bonchev–Trinajstić information content (AvgIpc) is 3.00. The first-order valence-electron chi connectivity index (χ1n) is 6.84. The molecule has 7 heteroatoms. The van der Waals surface area contributed by atoms with Gasteiger partial charge in [-0.1, -0.05) is 6.92 Å². The van der Waals surface area contributed by atoms with Crippen LogP contribution in [0, 0.1) is 5.92 Å². The van der Waals surface area contributed by atoms with Crippen LogP contribution in [-0.2, 0) is 0 Å². The number of aliphatic hydroxyl groups is 1. The first-order valence-corrected chi connectivity index (χ1v) is 7.72. The summed E-state index contributed by atoms with van der Waals surface area (Å²) in [6, 6.07) is 0. The van der Waals surface area contributed by atoms with Crippen molar-refractivity contribution in [1.82, 2.24) is 19.9 Å². The Hall–Kier alpha value is -1.86. The van der Waals surface area contributed by atoms with Crippen LogP contribution in [-0.4, -0.2) is 50.1 Å². The molecule has 0 bridgehead atoms. The van der Waals surface area contributed by atoms with E-state index in [9.17, 15) is 9.90 Å². The minimum atomic E-state index is -0.458. The lowest BCUT2D eigenvalue weighted by Gasteiger charge is -2.33. The van der Waals surface area contributed by atoms with Crippen LogP contribution in [0.15, 0.2) is 24.0 Å². The summed E-state index contributed by atoms with van der Waals surface area (Å²) < 4.78 is 0. The van der Waals surface area contributed by atoms with Crippen LogP contribution in [0.4, 0.5) is 0 Å². The highest BCUT2D eigenvalue weighted by molar-refractivity contribution is 7.13. The Bertz CT molecular complexity index is 631. The summed E-state index contributed by atoms with van der Waals surface area (Å²) >= 11 is 1.37. The van der Waals surface area contributed by atoms with Crippen molar-refractivity contribution >= 4 is 17.2 Å². The third-order valence-corrected chi connectivity index (χ3v) is 4.58. The molecule has 6 nitrogen and oxygen atoms in total. The third-order valence-electron chi connectivity index (χ3n) is 3.71. The van der Waals surface area contributed by atoms with Gasteiger partial charge in [-0.3, -0.25) is 14.8 Å². The number of rotatable bonds is 2. The number of hydrogen-bond acceptors (Lipinski definition) is 6. The normalized spacial score (nSPS) is 22.3. The number of likely N-dealkylation sites (tertiary alicyclic amines) is 1. The minimum Gasteiger partial charge on any atom is -0.391 e. The number of nitrogens with zero attached hydrogens (tertiary/aromatic N) is 4. The van der Waals surface area contributed by atoms with Gasteiger partial charge in [-0.2, -0.15) is 0 Å². The van der Waals surface area contributed by atoms with E-state index in [1.165, 1.54) is 11.3 Å². The molecule has 110 valence electrons. The van der Waals surface area contributed by atoms with E-state index < -0.39 is 6.10 Å². The Kier molecular flexibility index (Phi) is 3.94. The molecule has 0 spiro atoms. The maximum atomic E-state index is 12.4. The van der Waals surface area contributed by atoms with Crippen LogP contribution in [0.1, 0.15) is 23.8 Å². The minimum absolute atomic E-state index is 0.132. The zero-order chi connectivity index (χ0) is 14.8. The van der Waals surface area contributed by atoms with Crippen molar-refractivity contribution in [2.24, 2.45) is 5.92 Å². The Morgan fingerprint density at radius 1 is 1.48 bits per heavy atom. The summed E-state index contributed by atoms with van der Waals surface area (Å²) in [5.41, 5.74) is 1.07. The number of aliphatic hydroxyl groups excluding tert-OH is 1. The second kappa shape index (κ2) is 5.87. The van der Waals surface area contributed by atoms with Gasteiger partial charge in [-0.05, 0) is 12.3 Å². The Labute approximate surface area is 126 Å². The van der Waals surface area contributed by atoms with Gasteiger partial charge in [0.15, 0.2) is 0 Å². The predicted molar refractivity (Wildman–Crippen MR) is 78.8 cm³/mol. The van der Waals surface area contributed by atoms with E-state index in [1.807, 2.05) is 6.92 Å². The molecule has 2 atom stereocenters. The monoisotopic (exact) mass is 304 g/mol. The van der Waals surface area contributed by atoms with Gasteiger partial charge in [0.05, 0.1) is 12.3 Å². The van der Waals surface area contributed by atoms with Crippen molar-refractivity contribution in [1.29, 1.82) is 0 Å². The SMILES string of the molecule is CC1CCN(C(=O)c2csc(-c3cnccn3)n2)CC1O. The molecule has 1 amide bonds. The maximum Gasteiger partial charge on any atom is 0.273 e. The van der Waals surface area contributed by atoms with Crippen LogP contribution in [0.25, 0.3) is 10.7 Å². The molecular formula is C14H16N4O2S. The first-order chi connectivity index (χ1) is 10.1. The molecule has 0 radical (unpaired) electrons. The van der Waals surface area contributed by atoms with E-state index in [0.717, 1.165) is 6.42 Å². The van der Waals surface area contributed by atoms with Crippen molar-refractivity contribution in [3.05, 3.63) is 29.7 Å². The standard InChI is InChI=1S/C14H16N4O2S/c1-9-2-5-18(7-12(9)19)14(20)11-8-21-13(17-11)10-6-15-3-4-16-10/h3-4,6,8-9,12,19H,2,5,7H2,1H3. The van der Waals surface area contributed by atoms with E-state index >= 15 is 0 Å². The zero-order valence-electron chi connectivity index (χ0n) is 11.6. The van der Waals surface area contributed by atoms with Gasteiger partial charge in [0.1, 0.15) is 16.4 Å². The molecule has 0 saturated carbocycles.